The molecule has 0 fully saturated rings. The van der Waals surface area contributed by atoms with Crippen LogP contribution in [0.15, 0.2) is 33.9 Å². The monoisotopic (exact) mass is 402 g/mol. The molecule has 0 amide bonds. The van der Waals surface area contributed by atoms with Crippen molar-refractivity contribution in [1.29, 1.82) is 0 Å². The fourth-order valence-electron chi connectivity index (χ4n) is 3.60. The van der Waals surface area contributed by atoms with Crippen molar-refractivity contribution in [2.75, 3.05) is 25.7 Å². The molecule has 0 radical (unpaired) electrons. The first-order valence-electron chi connectivity index (χ1n) is 9.43. The van der Waals surface area contributed by atoms with Crippen molar-refractivity contribution in [2.45, 2.75) is 25.9 Å². The van der Waals surface area contributed by atoms with Crippen molar-refractivity contribution >= 4 is 11.8 Å². The van der Waals surface area contributed by atoms with E-state index in [1.807, 2.05) is 29.2 Å². The van der Waals surface area contributed by atoms with Gasteiger partial charge in [0.05, 0.1) is 32.4 Å². The van der Waals surface area contributed by atoms with Crippen LogP contribution in [0.1, 0.15) is 30.5 Å². The Kier molecular flexibility index (Phi) is 6.07. The molecule has 0 saturated heterocycles. The molecule has 1 unspecified atom stereocenters. The van der Waals surface area contributed by atoms with Crippen LogP contribution in [0.2, 0.25) is 0 Å². The zero-order chi connectivity index (χ0) is 21.1. The number of nitrogens with zero attached hydrogens (tertiary/aromatic N) is 3. The Labute approximate surface area is 168 Å². The summed E-state index contributed by atoms with van der Waals surface area (Å²) in [6.45, 7) is 2.75. The molecule has 3 rings (SSSR count). The van der Waals surface area contributed by atoms with Crippen LogP contribution in [-0.4, -0.2) is 40.4 Å². The van der Waals surface area contributed by atoms with Crippen LogP contribution in [0.3, 0.4) is 0 Å². The van der Waals surface area contributed by atoms with Gasteiger partial charge in [0.2, 0.25) is 0 Å². The quantitative estimate of drug-likeness (QED) is 0.720. The van der Waals surface area contributed by atoms with Gasteiger partial charge in [0.25, 0.3) is 5.56 Å². The van der Waals surface area contributed by atoms with Crippen molar-refractivity contribution in [3.8, 4) is 5.75 Å². The number of hydrogen-bond donors (Lipinski definition) is 1. The maximum absolute atomic E-state index is 12.7. The highest BCUT2D eigenvalue weighted by atomic mass is 16.5. The number of aromatic nitrogens is 2. The number of anilines is 1. The molecule has 0 spiro atoms. The van der Waals surface area contributed by atoms with Gasteiger partial charge in [0.15, 0.2) is 0 Å². The van der Waals surface area contributed by atoms with E-state index in [1.165, 1.54) is 11.6 Å². The molecule has 1 aliphatic heterocycles. The minimum atomic E-state index is -0.382. The number of nitrogens with one attached hydrogen (secondary N) is 1. The summed E-state index contributed by atoms with van der Waals surface area (Å²) >= 11 is 0. The molecule has 1 atom stereocenters. The lowest BCUT2D eigenvalue weighted by atomic mass is 10.0. The van der Waals surface area contributed by atoms with Gasteiger partial charge in [-0.15, -0.1) is 0 Å². The number of ether oxygens (including phenoxy) is 2. The minimum Gasteiger partial charge on any atom is -0.497 e. The van der Waals surface area contributed by atoms with Crippen LogP contribution in [0, 0.1) is 0 Å². The molecule has 9 nitrogen and oxygen atoms in total. The van der Waals surface area contributed by atoms with Crippen molar-refractivity contribution in [3.05, 3.63) is 56.2 Å². The first kappa shape index (κ1) is 20.7. The van der Waals surface area contributed by atoms with E-state index >= 15 is 0 Å². The number of hydrogen-bond acceptors (Lipinski definition) is 7. The predicted octanol–water partition coefficient (Wildman–Crippen LogP) is 0.972. The van der Waals surface area contributed by atoms with E-state index in [4.69, 9.17) is 9.47 Å². The standard InChI is InChI=1S/C20H26N4O5/c1-5-29-17(25)10-16(13-6-8-14(28-4)9-7-13)24-11-15-18(21-12-24)22(2)20(27)23(3)19(15)26/h6-9,16,21H,5,10-12H2,1-4H3. The Bertz CT molecular complexity index is 1010. The molecule has 2 heterocycles. The Morgan fingerprint density at radius 2 is 1.86 bits per heavy atom. The first-order valence-corrected chi connectivity index (χ1v) is 9.43. The summed E-state index contributed by atoms with van der Waals surface area (Å²) in [6, 6.07) is 7.17. The van der Waals surface area contributed by atoms with Gasteiger partial charge in [-0.3, -0.25) is 23.6 Å². The number of benzene rings is 1. The number of carbonyl (C=O) groups excluding carboxylic acids is 1. The molecule has 29 heavy (non-hydrogen) atoms. The average Bonchev–Trinajstić information content (AvgIpc) is 2.74. The Morgan fingerprint density at radius 3 is 2.48 bits per heavy atom. The molecule has 156 valence electrons. The van der Waals surface area contributed by atoms with Crippen LogP contribution in [0.4, 0.5) is 5.82 Å². The second-order valence-corrected chi connectivity index (χ2v) is 6.91. The lowest BCUT2D eigenvalue weighted by Crippen LogP contribution is -2.47. The zero-order valence-corrected chi connectivity index (χ0v) is 17.1. The van der Waals surface area contributed by atoms with E-state index in [-0.39, 0.29) is 29.7 Å². The second-order valence-electron chi connectivity index (χ2n) is 6.91. The van der Waals surface area contributed by atoms with Gasteiger partial charge in [-0.1, -0.05) is 12.1 Å². The van der Waals surface area contributed by atoms with Crippen molar-refractivity contribution in [3.63, 3.8) is 0 Å². The zero-order valence-electron chi connectivity index (χ0n) is 17.1. The molecule has 0 bridgehead atoms. The number of carbonyl (C=O) groups is 1. The summed E-state index contributed by atoms with van der Waals surface area (Å²) < 4.78 is 12.9. The van der Waals surface area contributed by atoms with Crippen LogP contribution < -0.4 is 21.3 Å². The maximum Gasteiger partial charge on any atom is 0.332 e. The molecule has 1 aromatic heterocycles. The molecule has 9 heteroatoms. The highest BCUT2D eigenvalue weighted by molar-refractivity contribution is 5.70. The second kappa shape index (κ2) is 8.52. The summed E-state index contributed by atoms with van der Waals surface area (Å²) in [5, 5.41) is 3.17. The van der Waals surface area contributed by atoms with Crippen LogP contribution in [0.25, 0.3) is 0 Å². The predicted molar refractivity (Wildman–Crippen MR) is 108 cm³/mol. The summed E-state index contributed by atoms with van der Waals surface area (Å²) in [7, 11) is 4.68. The van der Waals surface area contributed by atoms with Gasteiger partial charge >= 0.3 is 11.7 Å². The molecule has 1 N–H and O–H groups in total. The largest absolute Gasteiger partial charge is 0.497 e. The summed E-state index contributed by atoms with van der Waals surface area (Å²) in [4.78, 5) is 39.1. The van der Waals surface area contributed by atoms with Crippen LogP contribution in [0.5, 0.6) is 5.75 Å². The summed E-state index contributed by atoms with van der Waals surface area (Å²) in [5.74, 6) is 0.918. The average molecular weight is 402 g/mol. The maximum atomic E-state index is 12.7. The van der Waals surface area contributed by atoms with Crippen molar-refractivity contribution < 1.29 is 14.3 Å². The third kappa shape index (κ3) is 4.04. The number of esters is 1. The normalized spacial score (nSPS) is 14.6. The Morgan fingerprint density at radius 1 is 1.17 bits per heavy atom. The van der Waals surface area contributed by atoms with Crippen molar-refractivity contribution in [2.24, 2.45) is 14.1 Å². The van der Waals surface area contributed by atoms with Crippen molar-refractivity contribution in [1.82, 2.24) is 14.0 Å². The SMILES string of the molecule is CCOC(=O)CC(c1ccc(OC)cc1)N1CNc2c(c(=O)n(C)c(=O)n2C)C1. The van der Waals surface area contributed by atoms with E-state index < -0.39 is 0 Å². The summed E-state index contributed by atoms with van der Waals surface area (Å²) in [6.07, 6.45) is 0.142. The third-order valence-electron chi connectivity index (χ3n) is 5.18. The minimum absolute atomic E-state index is 0.142. The number of rotatable bonds is 6. The third-order valence-corrected chi connectivity index (χ3v) is 5.18. The van der Waals surface area contributed by atoms with Gasteiger partial charge in [-0.05, 0) is 24.6 Å². The lowest BCUT2D eigenvalue weighted by molar-refractivity contribution is -0.144. The highest BCUT2D eigenvalue weighted by Crippen LogP contribution is 2.30. The Balaban J connectivity index is 1.97. The van der Waals surface area contributed by atoms with Gasteiger partial charge in [-0.25, -0.2) is 4.79 Å². The van der Waals surface area contributed by atoms with E-state index in [2.05, 4.69) is 5.32 Å². The lowest BCUT2D eigenvalue weighted by Gasteiger charge is -2.36. The number of methoxy groups -OCH3 is 1. The van der Waals surface area contributed by atoms with Gasteiger partial charge < -0.3 is 14.8 Å². The molecular weight excluding hydrogens is 376 g/mol. The molecule has 0 saturated carbocycles. The first-order chi connectivity index (χ1) is 13.9. The van der Waals surface area contributed by atoms with E-state index in [1.54, 1.807) is 21.1 Å². The summed E-state index contributed by atoms with van der Waals surface area (Å²) in [5.41, 5.74) is 0.673. The van der Waals surface area contributed by atoms with Gasteiger partial charge in [0, 0.05) is 26.7 Å². The van der Waals surface area contributed by atoms with Crippen LogP contribution in [-0.2, 0) is 30.2 Å². The van der Waals surface area contributed by atoms with Gasteiger partial charge in [-0.2, -0.15) is 0 Å². The molecular formula is C20H26N4O5. The molecule has 2 aromatic rings. The fraction of sp³-hybridized carbons (Fsp3) is 0.450. The molecule has 1 aliphatic rings. The van der Waals surface area contributed by atoms with Gasteiger partial charge in [0.1, 0.15) is 11.6 Å². The van der Waals surface area contributed by atoms with Crippen LogP contribution >= 0.6 is 0 Å². The van der Waals surface area contributed by atoms with E-state index in [0.29, 0.717) is 31.2 Å². The molecule has 0 aliphatic carbocycles. The number of fused-ring (bicyclic) bond motifs is 1. The Hall–Kier alpha value is -3.07. The molecule has 1 aromatic carbocycles. The topological polar surface area (TPSA) is 94.8 Å². The highest BCUT2D eigenvalue weighted by Gasteiger charge is 2.30. The fourth-order valence-corrected chi connectivity index (χ4v) is 3.60. The van der Waals surface area contributed by atoms with E-state index in [0.717, 1.165) is 15.9 Å². The van der Waals surface area contributed by atoms with E-state index in [9.17, 15) is 14.4 Å². The smallest absolute Gasteiger partial charge is 0.332 e.